The van der Waals surface area contributed by atoms with Crippen LogP contribution >= 0.6 is 0 Å². The zero-order valence-corrected chi connectivity index (χ0v) is 9.60. The number of hydrogen-bond donors (Lipinski definition) is 1. The Kier molecular flexibility index (Phi) is 3.96. The fourth-order valence-electron chi connectivity index (χ4n) is 1.48. The Bertz CT molecular complexity index is 344. The van der Waals surface area contributed by atoms with Crippen LogP contribution in [-0.4, -0.2) is 22.5 Å². The van der Waals surface area contributed by atoms with Crippen LogP contribution in [0.3, 0.4) is 0 Å². The summed E-state index contributed by atoms with van der Waals surface area (Å²) in [5.41, 5.74) is 1.90. The van der Waals surface area contributed by atoms with Crippen molar-refractivity contribution in [3.8, 4) is 0 Å². The number of rotatable bonds is 4. The molecule has 1 aromatic heterocycles. The zero-order valence-electron chi connectivity index (χ0n) is 9.60. The van der Waals surface area contributed by atoms with E-state index >= 15 is 0 Å². The maximum absolute atomic E-state index is 11.9. The van der Waals surface area contributed by atoms with Gasteiger partial charge in [-0.2, -0.15) is 18.3 Å². The van der Waals surface area contributed by atoms with E-state index in [1.54, 1.807) is 17.9 Å². The van der Waals surface area contributed by atoms with Gasteiger partial charge in [-0.1, -0.05) is 0 Å². The summed E-state index contributed by atoms with van der Waals surface area (Å²) < 4.78 is 37.5. The van der Waals surface area contributed by atoms with Gasteiger partial charge in [0.25, 0.3) is 0 Å². The molecule has 1 heterocycles. The summed E-state index contributed by atoms with van der Waals surface area (Å²) in [6, 6.07) is -0.115. The molecule has 0 bridgehead atoms. The molecule has 3 nitrogen and oxygen atoms in total. The molecular weight excluding hydrogens is 219 g/mol. The highest BCUT2D eigenvalue weighted by Gasteiger charge is 2.26. The Morgan fingerprint density at radius 3 is 2.56 bits per heavy atom. The van der Waals surface area contributed by atoms with Crippen molar-refractivity contribution in [1.29, 1.82) is 0 Å². The van der Waals surface area contributed by atoms with Crippen molar-refractivity contribution in [2.24, 2.45) is 7.05 Å². The van der Waals surface area contributed by atoms with Crippen LogP contribution in [0.4, 0.5) is 13.2 Å². The standard InChI is InChI=1S/C10H16F3N3/c1-7(14-5-4-10(11,12)13)9-6-15-16(3)8(9)2/h6-7,14H,4-5H2,1-3H3. The van der Waals surface area contributed by atoms with Crippen LogP contribution in [0.1, 0.15) is 30.6 Å². The lowest BCUT2D eigenvalue weighted by Gasteiger charge is -2.14. The summed E-state index contributed by atoms with van der Waals surface area (Å²) in [7, 11) is 1.81. The van der Waals surface area contributed by atoms with Gasteiger partial charge >= 0.3 is 6.18 Å². The van der Waals surface area contributed by atoms with E-state index in [9.17, 15) is 13.2 Å². The fraction of sp³-hybridized carbons (Fsp3) is 0.700. The molecule has 0 aromatic carbocycles. The molecule has 1 rings (SSSR count). The van der Waals surface area contributed by atoms with Crippen molar-refractivity contribution in [3.63, 3.8) is 0 Å². The van der Waals surface area contributed by atoms with Gasteiger partial charge in [-0.3, -0.25) is 4.68 Å². The Morgan fingerprint density at radius 1 is 1.50 bits per heavy atom. The van der Waals surface area contributed by atoms with Gasteiger partial charge in [-0.15, -0.1) is 0 Å². The van der Waals surface area contributed by atoms with E-state index in [0.717, 1.165) is 11.3 Å². The van der Waals surface area contributed by atoms with E-state index in [1.807, 2.05) is 13.8 Å². The Hall–Kier alpha value is -1.04. The highest BCUT2D eigenvalue weighted by atomic mass is 19.4. The van der Waals surface area contributed by atoms with Gasteiger partial charge in [0.15, 0.2) is 0 Å². The fourth-order valence-corrected chi connectivity index (χ4v) is 1.48. The Morgan fingerprint density at radius 2 is 2.12 bits per heavy atom. The minimum absolute atomic E-state index is 0.0704. The molecule has 0 radical (unpaired) electrons. The minimum atomic E-state index is -4.10. The van der Waals surface area contributed by atoms with E-state index in [1.165, 1.54) is 0 Å². The highest BCUT2D eigenvalue weighted by molar-refractivity contribution is 5.19. The molecule has 0 aliphatic carbocycles. The average molecular weight is 235 g/mol. The predicted octanol–water partition coefficient (Wildman–Crippen LogP) is 2.33. The van der Waals surface area contributed by atoms with Gasteiger partial charge in [-0.25, -0.2) is 0 Å². The first kappa shape index (κ1) is 13.0. The number of alkyl halides is 3. The minimum Gasteiger partial charge on any atom is -0.310 e. The molecule has 16 heavy (non-hydrogen) atoms. The largest absolute Gasteiger partial charge is 0.390 e. The van der Waals surface area contributed by atoms with Crippen molar-refractivity contribution in [2.75, 3.05) is 6.54 Å². The third-order valence-corrected chi connectivity index (χ3v) is 2.60. The molecule has 0 spiro atoms. The molecule has 92 valence electrons. The smallest absolute Gasteiger partial charge is 0.310 e. The number of hydrogen-bond acceptors (Lipinski definition) is 2. The summed E-state index contributed by atoms with van der Waals surface area (Å²) in [4.78, 5) is 0. The van der Waals surface area contributed by atoms with E-state index in [4.69, 9.17) is 0 Å². The summed E-state index contributed by atoms with van der Waals surface area (Å²) in [6.07, 6.45) is -3.23. The van der Waals surface area contributed by atoms with Crippen LogP contribution in [0.2, 0.25) is 0 Å². The zero-order chi connectivity index (χ0) is 12.3. The van der Waals surface area contributed by atoms with Crippen LogP contribution in [0.5, 0.6) is 0 Å². The van der Waals surface area contributed by atoms with E-state index in [2.05, 4.69) is 10.4 Å². The monoisotopic (exact) mass is 235 g/mol. The molecule has 0 amide bonds. The van der Waals surface area contributed by atoms with Crippen molar-refractivity contribution in [3.05, 3.63) is 17.5 Å². The van der Waals surface area contributed by atoms with E-state index < -0.39 is 12.6 Å². The van der Waals surface area contributed by atoms with Crippen molar-refractivity contribution >= 4 is 0 Å². The lowest BCUT2D eigenvalue weighted by molar-refractivity contribution is -0.133. The van der Waals surface area contributed by atoms with Crippen LogP contribution in [0.25, 0.3) is 0 Å². The first-order valence-electron chi connectivity index (χ1n) is 5.10. The Labute approximate surface area is 92.6 Å². The molecule has 1 unspecified atom stereocenters. The third-order valence-electron chi connectivity index (χ3n) is 2.60. The molecule has 0 aliphatic rings. The van der Waals surface area contributed by atoms with Crippen molar-refractivity contribution in [2.45, 2.75) is 32.5 Å². The number of aryl methyl sites for hydroxylation is 1. The van der Waals surface area contributed by atoms with Gasteiger partial charge in [0.1, 0.15) is 0 Å². The van der Waals surface area contributed by atoms with Gasteiger partial charge < -0.3 is 5.32 Å². The molecule has 1 atom stereocenters. The summed E-state index contributed by atoms with van der Waals surface area (Å²) in [5, 5.41) is 6.88. The van der Waals surface area contributed by atoms with Crippen molar-refractivity contribution in [1.82, 2.24) is 15.1 Å². The molecule has 0 fully saturated rings. The second kappa shape index (κ2) is 4.86. The van der Waals surface area contributed by atoms with Crippen LogP contribution in [0.15, 0.2) is 6.20 Å². The molecule has 6 heteroatoms. The van der Waals surface area contributed by atoms with Gasteiger partial charge in [-0.05, 0) is 13.8 Å². The van der Waals surface area contributed by atoms with Gasteiger partial charge in [0, 0.05) is 30.9 Å². The lowest BCUT2D eigenvalue weighted by atomic mass is 10.1. The summed E-state index contributed by atoms with van der Waals surface area (Å²) in [6.45, 7) is 3.66. The van der Waals surface area contributed by atoms with Crippen LogP contribution < -0.4 is 5.32 Å². The summed E-state index contributed by atoms with van der Waals surface area (Å²) in [5.74, 6) is 0. The maximum atomic E-state index is 11.9. The molecule has 1 N–H and O–H groups in total. The number of aromatic nitrogens is 2. The molecule has 0 saturated carbocycles. The predicted molar refractivity (Wildman–Crippen MR) is 55.0 cm³/mol. The average Bonchev–Trinajstić information content (AvgIpc) is 2.45. The Balaban J connectivity index is 2.47. The topological polar surface area (TPSA) is 29.9 Å². The summed E-state index contributed by atoms with van der Waals surface area (Å²) >= 11 is 0. The number of nitrogens with zero attached hydrogens (tertiary/aromatic N) is 2. The van der Waals surface area contributed by atoms with Gasteiger partial charge in [0.2, 0.25) is 0 Å². The lowest BCUT2D eigenvalue weighted by Crippen LogP contribution is -2.24. The number of nitrogens with one attached hydrogen (secondary N) is 1. The quantitative estimate of drug-likeness (QED) is 0.868. The maximum Gasteiger partial charge on any atom is 0.390 e. The van der Waals surface area contributed by atoms with E-state index in [0.29, 0.717) is 0 Å². The van der Waals surface area contributed by atoms with Crippen LogP contribution in [-0.2, 0) is 7.05 Å². The first-order valence-corrected chi connectivity index (χ1v) is 5.10. The highest BCUT2D eigenvalue weighted by Crippen LogP contribution is 2.20. The van der Waals surface area contributed by atoms with Crippen LogP contribution in [0, 0.1) is 6.92 Å². The third kappa shape index (κ3) is 3.52. The molecule has 0 aliphatic heterocycles. The van der Waals surface area contributed by atoms with E-state index in [-0.39, 0.29) is 12.6 Å². The normalized spacial score (nSPS) is 14.1. The second-order valence-electron chi connectivity index (χ2n) is 3.85. The molecule has 1 aromatic rings. The molecule has 0 saturated heterocycles. The second-order valence-corrected chi connectivity index (χ2v) is 3.85. The van der Waals surface area contributed by atoms with Gasteiger partial charge in [0.05, 0.1) is 12.6 Å². The first-order chi connectivity index (χ1) is 7.31. The number of halogens is 3. The molecular formula is C10H16F3N3. The van der Waals surface area contributed by atoms with Crippen molar-refractivity contribution < 1.29 is 13.2 Å². The SMILES string of the molecule is Cc1c(C(C)NCCC(F)(F)F)cnn1C.